The van der Waals surface area contributed by atoms with Crippen molar-refractivity contribution in [2.75, 3.05) is 26.4 Å². The third kappa shape index (κ3) is 5.04. The van der Waals surface area contributed by atoms with E-state index in [-0.39, 0.29) is 18.2 Å². The van der Waals surface area contributed by atoms with Crippen LogP contribution in [0.2, 0.25) is 0 Å². The summed E-state index contributed by atoms with van der Waals surface area (Å²) in [6, 6.07) is 5.93. The number of aromatic nitrogens is 5. The second-order valence-corrected chi connectivity index (χ2v) is 9.45. The quantitative estimate of drug-likeness (QED) is 0.478. The molecule has 0 amide bonds. The van der Waals surface area contributed by atoms with Gasteiger partial charge in [0, 0.05) is 36.7 Å². The maximum absolute atomic E-state index is 13.1. The van der Waals surface area contributed by atoms with Gasteiger partial charge in [-0.15, -0.1) is 5.10 Å². The minimum Gasteiger partial charge on any atom is -0.486 e. The molecule has 0 saturated heterocycles. The molecule has 3 heterocycles. The Bertz CT molecular complexity index is 1200. The van der Waals surface area contributed by atoms with Crippen molar-refractivity contribution in [1.29, 1.82) is 0 Å². The molecule has 188 valence electrons. The van der Waals surface area contributed by atoms with E-state index >= 15 is 0 Å². The zero-order valence-electron chi connectivity index (χ0n) is 20.3. The highest BCUT2D eigenvalue weighted by Gasteiger charge is 2.29. The monoisotopic (exact) mass is 482 g/mol. The van der Waals surface area contributed by atoms with E-state index in [0.717, 1.165) is 36.0 Å². The standard InChI is InChI=1S/C25H34N6O4/c1-2-21(24-27-28-29-31(24)19-7-4-3-5-8-19)30(9-6-10-32)16-18-13-17-14-22-23(35-12-11-34-22)15-20(17)26-25(18)33/h13-15,19,21,32H,2-12,16H2,1H3,(H,26,33)/t21-/m1/s1. The summed E-state index contributed by atoms with van der Waals surface area (Å²) in [4.78, 5) is 18.3. The fourth-order valence-electron chi connectivity index (χ4n) is 5.35. The van der Waals surface area contributed by atoms with Crippen molar-refractivity contribution in [2.45, 2.75) is 70.5 Å². The van der Waals surface area contributed by atoms with Crippen molar-refractivity contribution >= 4 is 10.9 Å². The Kier molecular flexibility index (Phi) is 7.29. The van der Waals surface area contributed by atoms with E-state index in [1.54, 1.807) is 0 Å². The van der Waals surface area contributed by atoms with Crippen LogP contribution in [0, 0.1) is 0 Å². The number of aromatic amines is 1. The number of ether oxygens (including phenoxy) is 2. The minimum atomic E-state index is -0.134. The second-order valence-electron chi connectivity index (χ2n) is 9.45. The van der Waals surface area contributed by atoms with Crippen LogP contribution in [0.3, 0.4) is 0 Å². The van der Waals surface area contributed by atoms with Gasteiger partial charge in [0.15, 0.2) is 17.3 Å². The molecule has 3 aromatic rings. The van der Waals surface area contributed by atoms with E-state index in [1.807, 2.05) is 22.9 Å². The zero-order chi connectivity index (χ0) is 24.2. The Morgan fingerprint density at radius 2 is 1.94 bits per heavy atom. The third-order valence-corrected chi connectivity index (χ3v) is 7.13. The fourth-order valence-corrected chi connectivity index (χ4v) is 5.35. The van der Waals surface area contributed by atoms with Gasteiger partial charge in [-0.25, -0.2) is 4.68 Å². The molecule has 0 spiro atoms. The van der Waals surface area contributed by atoms with Crippen LogP contribution in [0.15, 0.2) is 23.0 Å². The molecule has 0 radical (unpaired) electrons. The van der Waals surface area contributed by atoms with E-state index in [0.29, 0.717) is 55.8 Å². The number of H-pyrrole nitrogens is 1. The lowest BCUT2D eigenvalue weighted by molar-refractivity contribution is 0.147. The van der Waals surface area contributed by atoms with Gasteiger partial charge in [0.2, 0.25) is 0 Å². The largest absolute Gasteiger partial charge is 0.486 e. The normalized spacial score (nSPS) is 17.2. The molecule has 1 atom stereocenters. The van der Waals surface area contributed by atoms with Crippen LogP contribution >= 0.6 is 0 Å². The first-order chi connectivity index (χ1) is 17.2. The number of pyridine rings is 1. The predicted molar refractivity (Wildman–Crippen MR) is 131 cm³/mol. The summed E-state index contributed by atoms with van der Waals surface area (Å²) in [5.74, 6) is 2.18. The van der Waals surface area contributed by atoms with E-state index in [9.17, 15) is 9.90 Å². The number of tetrazole rings is 1. The van der Waals surface area contributed by atoms with E-state index < -0.39 is 0 Å². The molecule has 0 bridgehead atoms. The topological polar surface area (TPSA) is 118 Å². The highest BCUT2D eigenvalue weighted by atomic mass is 16.6. The summed E-state index contributed by atoms with van der Waals surface area (Å²) < 4.78 is 13.4. The number of rotatable bonds is 9. The van der Waals surface area contributed by atoms with E-state index in [4.69, 9.17) is 9.47 Å². The molecular weight excluding hydrogens is 448 g/mol. The second kappa shape index (κ2) is 10.7. The van der Waals surface area contributed by atoms with Crippen LogP contribution < -0.4 is 15.0 Å². The molecule has 10 heteroatoms. The van der Waals surface area contributed by atoms with Gasteiger partial charge in [-0.1, -0.05) is 26.2 Å². The van der Waals surface area contributed by atoms with Crippen LogP contribution in [0.4, 0.5) is 0 Å². The Balaban J connectivity index is 1.46. The minimum absolute atomic E-state index is 0.0613. The number of fused-ring (bicyclic) bond motifs is 2. The van der Waals surface area contributed by atoms with Gasteiger partial charge in [-0.2, -0.15) is 0 Å². The number of nitrogens with one attached hydrogen (secondary N) is 1. The van der Waals surface area contributed by atoms with Crippen molar-refractivity contribution in [1.82, 2.24) is 30.1 Å². The molecule has 2 aliphatic rings. The van der Waals surface area contributed by atoms with Gasteiger partial charge < -0.3 is 19.6 Å². The number of aliphatic hydroxyl groups is 1. The summed E-state index contributed by atoms with van der Waals surface area (Å²) in [5.41, 5.74) is 1.24. The smallest absolute Gasteiger partial charge is 0.252 e. The molecule has 0 unspecified atom stereocenters. The summed E-state index contributed by atoms with van der Waals surface area (Å²) in [6.45, 7) is 4.26. The third-order valence-electron chi connectivity index (χ3n) is 7.13. The fraction of sp³-hybridized carbons (Fsp3) is 0.600. The van der Waals surface area contributed by atoms with Crippen molar-refractivity contribution in [3.63, 3.8) is 0 Å². The van der Waals surface area contributed by atoms with Gasteiger partial charge in [0.1, 0.15) is 13.2 Å². The molecule has 1 aliphatic heterocycles. The number of aliphatic hydroxyl groups excluding tert-OH is 1. The van der Waals surface area contributed by atoms with Crippen LogP contribution in [0.25, 0.3) is 10.9 Å². The molecule has 1 aliphatic carbocycles. The Morgan fingerprint density at radius 3 is 2.69 bits per heavy atom. The summed E-state index contributed by atoms with van der Waals surface area (Å²) in [7, 11) is 0. The molecular formula is C25H34N6O4. The number of nitrogens with zero attached hydrogens (tertiary/aromatic N) is 5. The number of hydrogen-bond donors (Lipinski definition) is 2. The van der Waals surface area contributed by atoms with Gasteiger partial charge in [-0.3, -0.25) is 9.69 Å². The molecule has 2 N–H and O–H groups in total. The van der Waals surface area contributed by atoms with Gasteiger partial charge >= 0.3 is 0 Å². The highest BCUT2D eigenvalue weighted by molar-refractivity contribution is 5.83. The lowest BCUT2D eigenvalue weighted by Gasteiger charge is -2.32. The Labute approximate surface area is 204 Å². The number of hydrogen-bond acceptors (Lipinski definition) is 8. The highest BCUT2D eigenvalue weighted by Crippen LogP contribution is 2.35. The molecule has 2 aromatic heterocycles. The van der Waals surface area contributed by atoms with Crippen LogP contribution in [0.1, 0.15) is 75.3 Å². The SMILES string of the molecule is CC[C@H](c1nnnn1C1CCCCC1)N(CCCO)Cc1cc2cc3c(cc2[nH]c1=O)OCCO3. The molecule has 10 nitrogen and oxygen atoms in total. The summed E-state index contributed by atoms with van der Waals surface area (Å²) in [6.07, 6.45) is 7.23. The average Bonchev–Trinajstić information content (AvgIpc) is 3.37. The Morgan fingerprint density at radius 1 is 1.17 bits per heavy atom. The first-order valence-corrected chi connectivity index (χ1v) is 12.8. The van der Waals surface area contributed by atoms with Crippen molar-refractivity contribution in [3.05, 3.63) is 39.9 Å². The summed E-state index contributed by atoms with van der Waals surface area (Å²) >= 11 is 0. The first kappa shape index (κ1) is 23.7. The maximum atomic E-state index is 13.1. The molecule has 5 rings (SSSR count). The van der Waals surface area contributed by atoms with Crippen LogP contribution in [-0.4, -0.2) is 61.6 Å². The first-order valence-electron chi connectivity index (χ1n) is 12.8. The predicted octanol–water partition coefficient (Wildman–Crippen LogP) is 3.13. The van der Waals surface area contributed by atoms with Crippen molar-refractivity contribution < 1.29 is 14.6 Å². The summed E-state index contributed by atoms with van der Waals surface area (Å²) in [5, 5.41) is 23.3. The van der Waals surface area contributed by atoms with Crippen molar-refractivity contribution in [2.24, 2.45) is 0 Å². The van der Waals surface area contributed by atoms with Gasteiger partial charge in [0.05, 0.1) is 17.6 Å². The van der Waals surface area contributed by atoms with Gasteiger partial charge in [-0.05, 0) is 48.2 Å². The molecule has 1 saturated carbocycles. The zero-order valence-corrected chi connectivity index (χ0v) is 20.3. The maximum Gasteiger partial charge on any atom is 0.252 e. The lowest BCUT2D eigenvalue weighted by Crippen LogP contribution is -2.34. The van der Waals surface area contributed by atoms with Gasteiger partial charge in [0.25, 0.3) is 5.56 Å². The number of benzene rings is 1. The van der Waals surface area contributed by atoms with E-state index in [2.05, 4.69) is 32.3 Å². The van der Waals surface area contributed by atoms with Crippen molar-refractivity contribution in [3.8, 4) is 11.5 Å². The van der Waals surface area contributed by atoms with E-state index in [1.165, 1.54) is 19.3 Å². The van der Waals surface area contributed by atoms with Crippen LogP contribution in [0.5, 0.6) is 11.5 Å². The molecule has 1 fully saturated rings. The van der Waals surface area contributed by atoms with Crippen LogP contribution in [-0.2, 0) is 6.54 Å². The molecule has 1 aromatic carbocycles. The average molecular weight is 483 g/mol. The lowest BCUT2D eigenvalue weighted by atomic mass is 9.95. The molecule has 35 heavy (non-hydrogen) atoms. The Hall–Kier alpha value is -2.98.